The molecule has 0 heterocycles. The van der Waals surface area contributed by atoms with E-state index in [0.29, 0.717) is 27.4 Å². The maximum atomic E-state index is 6.12. The fourth-order valence-corrected chi connectivity index (χ4v) is 2.58. The van der Waals surface area contributed by atoms with Gasteiger partial charge in [0, 0.05) is 12.6 Å². The summed E-state index contributed by atoms with van der Waals surface area (Å²) in [5, 5.41) is 5.17. The third kappa shape index (κ3) is 4.27. The molecule has 0 fully saturated rings. The smallest absolute Gasteiger partial charge is 0.137 e. The molecule has 0 saturated heterocycles. The van der Waals surface area contributed by atoms with Gasteiger partial charge < -0.3 is 10.1 Å². The first-order valence-corrected chi connectivity index (χ1v) is 7.65. The Balaban J connectivity index is 2.01. The molecule has 2 nitrogen and oxygen atoms in total. The van der Waals surface area contributed by atoms with Crippen LogP contribution in [0.1, 0.15) is 24.1 Å². The number of methoxy groups -OCH3 is 1. The lowest BCUT2D eigenvalue weighted by atomic mass is 10.1. The maximum Gasteiger partial charge on any atom is 0.137 e. The van der Waals surface area contributed by atoms with Gasteiger partial charge in [0.1, 0.15) is 5.75 Å². The number of ether oxygens (including phenoxy) is 1. The molecular formula is C16H16Cl3NO. The van der Waals surface area contributed by atoms with Gasteiger partial charge in [0.15, 0.2) is 0 Å². The molecule has 0 aliphatic carbocycles. The maximum absolute atomic E-state index is 6.12. The van der Waals surface area contributed by atoms with Crippen molar-refractivity contribution >= 4 is 34.8 Å². The molecular weight excluding hydrogens is 329 g/mol. The topological polar surface area (TPSA) is 21.3 Å². The van der Waals surface area contributed by atoms with Crippen molar-refractivity contribution in [3.05, 3.63) is 62.6 Å². The summed E-state index contributed by atoms with van der Waals surface area (Å²) < 4.78 is 5.14. The van der Waals surface area contributed by atoms with Crippen molar-refractivity contribution in [3.8, 4) is 5.75 Å². The standard InChI is InChI=1S/C16H16Cl3NO/c1-10(12-4-5-13(17)14(18)8-12)20-9-11-3-6-16(21-2)15(19)7-11/h3-8,10,20H,9H2,1-2H3. The van der Waals surface area contributed by atoms with Crippen LogP contribution in [0, 0.1) is 0 Å². The van der Waals surface area contributed by atoms with Crippen LogP contribution in [0.4, 0.5) is 0 Å². The van der Waals surface area contributed by atoms with E-state index in [2.05, 4.69) is 12.2 Å². The molecule has 0 saturated carbocycles. The molecule has 1 atom stereocenters. The number of benzene rings is 2. The monoisotopic (exact) mass is 343 g/mol. The lowest BCUT2D eigenvalue weighted by Crippen LogP contribution is -2.18. The van der Waals surface area contributed by atoms with Crippen LogP contribution >= 0.6 is 34.8 Å². The van der Waals surface area contributed by atoms with Gasteiger partial charge in [-0.15, -0.1) is 0 Å². The zero-order chi connectivity index (χ0) is 15.4. The first-order chi connectivity index (χ1) is 10.0. The Morgan fingerprint density at radius 2 is 1.76 bits per heavy atom. The normalized spacial score (nSPS) is 12.2. The molecule has 21 heavy (non-hydrogen) atoms. The van der Waals surface area contributed by atoms with Crippen molar-refractivity contribution in [2.75, 3.05) is 7.11 Å². The summed E-state index contributed by atoms with van der Waals surface area (Å²) >= 11 is 18.1. The van der Waals surface area contributed by atoms with Gasteiger partial charge in [0.2, 0.25) is 0 Å². The van der Waals surface area contributed by atoms with Crippen LogP contribution in [-0.2, 0) is 6.54 Å². The molecule has 0 radical (unpaired) electrons. The molecule has 0 amide bonds. The second kappa shape index (κ2) is 7.37. The fraction of sp³-hybridized carbons (Fsp3) is 0.250. The summed E-state index contributed by atoms with van der Waals surface area (Å²) in [7, 11) is 1.60. The van der Waals surface area contributed by atoms with E-state index in [9.17, 15) is 0 Å². The van der Waals surface area contributed by atoms with Crippen molar-refractivity contribution in [1.82, 2.24) is 5.32 Å². The zero-order valence-electron chi connectivity index (χ0n) is 11.8. The van der Waals surface area contributed by atoms with Crippen molar-refractivity contribution in [1.29, 1.82) is 0 Å². The van der Waals surface area contributed by atoms with E-state index in [-0.39, 0.29) is 6.04 Å². The highest BCUT2D eigenvalue weighted by Crippen LogP contribution is 2.27. The number of halogens is 3. The van der Waals surface area contributed by atoms with Gasteiger partial charge in [-0.05, 0) is 42.3 Å². The quantitative estimate of drug-likeness (QED) is 0.772. The Hall–Kier alpha value is -0.930. The van der Waals surface area contributed by atoms with Crippen molar-refractivity contribution in [3.63, 3.8) is 0 Å². The largest absolute Gasteiger partial charge is 0.495 e. The van der Waals surface area contributed by atoms with E-state index in [1.165, 1.54) is 0 Å². The second-order valence-electron chi connectivity index (χ2n) is 4.75. The Labute approximate surface area is 140 Å². The highest BCUT2D eigenvalue weighted by atomic mass is 35.5. The number of nitrogens with one attached hydrogen (secondary N) is 1. The van der Waals surface area contributed by atoms with Crippen LogP contribution in [0.2, 0.25) is 15.1 Å². The van der Waals surface area contributed by atoms with Crippen LogP contribution in [0.25, 0.3) is 0 Å². The van der Waals surface area contributed by atoms with Crippen molar-refractivity contribution < 1.29 is 4.74 Å². The Morgan fingerprint density at radius 1 is 1.00 bits per heavy atom. The van der Waals surface area contributed by atoms with Crippen molar-refractivity contribution in [2.45, 2.75) is 19.5 Å². The van der Waals surface area contributed by atoms with E-state index in [1.807, 2.05) is 36.4 Å². The first kappa shape index (κ1) is 16.4. The lowest BCUT2D eigenvalue weighted by Gasteiger charge is -2.15. The van der Waals surface area contributed by atoms with Gasteiger partial charge in [-0.2, -0.15) is 0 Å². The van der Waals surface area contributed by atoms with Crippen LogP contribution < -0.4 is 10.1 Å². The van der Waals surface area contributed by atoms with Crippen molar-refractivity contribution in [2.24, 2.45) is 0 Å². The van der Waals surface area contributed by atoms with Gasteiger partial charge in [-0.25, -0.2) is 0 Å². The van der Waals surface area contributed by atoms with Gasteiger partial charge in [0.05, 0.1) is 22.2 Å². The minimum atomic E-state index is 0.153. The van der Waals surface area contributed by atoms with Gasteiger partial charge in [-0.3, -0.25) is 0 Å². The zero-order valence-corrected chi connectivity index (χ0v) is 14.1. The fourth-order valence-electron chi connectivity index (χ4n) is 1.99. The average molecular weight is 345 g/mol. The SMILES string of the molecule is COc1ccc(CNC(C)c2ccc(Cl)c(Cl)c2)cc1Cl. The second-order valence-corrected chi connectivity index (χ2v) is 5.97. The van der Waals surface area contributed by atoms with E-state index in [4.69, 9.17) is 39.5 Å². The average Bonchev–Trinajstić information content (AvgIpc) is 2.47. The minimum Gasteiger partial charge on any atom is -0.495 e. The predicted molar refractivity (Wildman–Crippen MR) is 89.7 cm³/mol. The Morgan fingerprint density at radius 3 is 2.38 bits per heavy atom. The molecule has 2 rings (SSSR count). The van der Waals surface area contributed by atoms with Crippen LogP contribution in [-0.4, -0.2) is 7.11 Å². The molecule has 2 aromatic rings. The van der Waals surface area contributed by atoms with E-state index in [1.54, 1.807) is 7.11 Å². The number of hydrogen-bond acceptors (Lipinski definition) is 2. The molecule has 0 aromatic heterocycles. The highest BCUT2D eigenvalue weighted by Gasteiger charge is 2.08. The van der Waals surface area contributed by atoms with Crippen LogP contribution in [0.5, 0.6) is 5.75 Å². The summed E-state index contributed by atoms with van der Waals surface area (Å²) in [6.45, 7) is 2.77. The summed E-state index contributed by atoms with van der Waals surface area (Å²) in [5.41, 5.74) is 2.18. The van der Waals surface area contributed by atoms with E-state index < -0.39 is 0 Å². The third-order valence-electron chi connectivity index (χ3n) is 3.27. The Kier molecular flexibility index (Phi) is 5.77. The summed E-state index contributed by atoms with van der Waals surface area (Å²) in [4.78, 5) is 0. The molecule has 0 spiro atoms. The lowest BCUT2D eigenvalue weighted by molar-refractivity contribution is 0.414. The number of rotatable bonds is 5. The van der Waals surface area contributed by atoms with Gasteiger partial charge >= 0.3 is 0 Å². The van der Waals surface area contributed by atoms with Gasteiger partial charge in [0.25, 0.3) is 0 Å². The minimum absolute atomic E-state index is 0.153. The van der Waals surface area contributed by atoms with Crippen LogP contribution in [0.15, 0.2) is 36.4 Å². The van der Waals surface area contributed by atoms with Crippen LogP contribution in [0.3, 0.4) is 0 Å². The molecule has 0 bridgehead atoms. The summed E-state index contributed by atoms with van der Waals surface area (Å²) in [6, 6.07) is 11.6. The molecule has 2 aromatic carbocycles. The highest BCUT2D eigenvalue weighted by molar-refractivity contribution is 6.42. The third-order valence-corrected chi connectivity index (χ3v) is 4.31. The van der Waals surface area contributed by atoms with Gasteiger partial charge in [-0.1, -0.05) is 46.9 Å². The van der Waals surface area contributed by atoms with E-state index in [0.717, 1.165) is 11.1 Å². The first-order valence-electron chi connectivity index (χ1n) is 6.52. The van der Waals surface area contributed by atoms with E-state index >= 15 is 0 Å². The molecule has 1 unspecified atom stereocenters. The summed E-state index contributed by atoms with van der Waals surface area (Å²) in [6.07, 6.45) is 0. The number of hydrogen-bond donors (Lipinski definition) is 1. The molecule has 5 heteroatoms. The predicted octanol–water partition coefficient (Wildman–Crippen LogP) is 5.51. The summed E-state index contributed by atoms with van der Waals surface area (Å²) in [5.74, 6) is 0.679. The Bertz CT molecular complexity index is 631. The molecule has 0 aliphatic rings. The molecule has 112 valence electrons. The molecule has 1 N–H and O–H groups in total. The molecule has 0 aliphatic heterocycles.